The van der Waals surface area contributed by atoms with E-state index >= 15 is 0 Å². The minimum Gasteiger partial charge on any atom is -0.353 e. The fraction of sp³-hybridized carbons (Fsp3) is 0.550. The first-order chi connectivity index (χ1) is 12.9. The van der Waals surface area contributed by atoms with Crippen LogP contribution >= 0.6 is 11.8 Å². The third-order valence-electron chi connectivity index (χ3n) is 4.83. The van der Waals surface area contributed by atoms with Crippen LogP contribution in [0.3, 0.4) is 0 Å². The highest BCUT2D eigenvalue weighted by Gasteiger charge is 2.22. The van der Waals surface area contributed by atoms with Crippen molar-refractivity contribution in [1.29, 1.82) is 0 Å². The fourth-order valence-electron chi connectivity index (χ4n) is 3.30. The van der Waals surface area contributed by atoms with Crippen molar-refractivity contribution in [2.45, 2.75) is 51.4 Å². The lowest BCUT2D eigenvalue weighted by Gasteiger charge is -2.30. The minimum absolute atomic E-state index is 0.0232. The van der Waals surface area contributed by atoms with Crippen LogP contribution in [0, 0.1) is 5.92 Å². The first-order valence-electron chi connectivity index (χ1n) is 9.59. The van der Waals surface area contributed by atoms with Gasteiger partial charge in [-0.3, -0.25) is 9.59 Å². The van der Waals surface area contributed by atoms with E-state index in [2.05, 4.69) is 17.2 Å². The summed E-state index contributed by atoms with van der Waals surface area (Å²) in [5, 5.41) is 3.61. The number of amides is 2. The summed E-state index contributed by atoms with van der Waals surface area (Å²) in [6, 6.07) is 7.92. The molecule has 0 radical (unpaired) electrons. The van der Waals surface area contributed by atoms with Crippen LogP contribution in [0.5, 0.6) is 0 Å². The predicted molar refractivity (Wildman–Crippen MR) is 109 cm³/mol. The standard InChI is InChI=1S/C20H28N4O2S/c1-14(2)21-18(25)13-27-20-22-16-6-4-5-7-17(16)24(20)12-19(26)23-10-8-15(3)9-11-23/h4-7,14-15H,8-13H2,1-3H3,(H,21,25). The number of carbonyl (C=O) groups is 2. The van der Waals surface area contributed by atoms with Crippen molar-refractivity contribution in [2.75, 3.05) is 18.8 Å². The largest absolute Gasteiger partial charge is 0.353 e. The summed E-state index contributed by atoms with van der Waals surface area (Å²) < 4.78 is 1.95. The zero-order valence-electron chi connectivity index (χ0n) is 16.3. The van der Waals surface area contributed by atoms with E-state index in [1.807, 2.05) is 47.6 Å². The van der Waals surface area contributed by atoms with Gasteiger partial charge >= 0.3 is 0 Å². The molecule has 1 aromatic heterocycles. The summed E-state index contributed by atoms with van der Waals surface area (Å²) in [4.78, 5) is 31.5. The van der Waals surface area contributed by atoms with E-state index in [9.17, 15) is 9.59 Å². The van der Waals surface area contributed by atoms with E-state index in [0.29, 0.717) is 11.1 Å². The number of benzene rings is 1. The lowest BCUT2D eigenvalue weighted by atomic mass is 9.99. The number of fused-ring (bicyclic) bond motifs is 1. The zero-order chi connectivity index (χ0) is 19.4. The number of hydrogen-bond donors (Lipinski definition) is 1. The first-order valence-corrected chi connectivity index (χ1v) is 10.6. The second-order valence-electron chi connectivity index (χ2n) is 7.54. The fourth-order valence-corrected chi connectivity index (χ4v) is 4.13. The smallest absolute Gasteiger partial charge is 0.242 e. The molecule has 2 amide bonds. The maximum atomic E-state index is 12.8. The zero-order valence-corrected chi connectivity index (χ0v) is 17.1. The molecule has 1 N–H and O–H groups in total. The predicted octanol–water partition coefficient (Wildman–Crippen LogP) is 2.91. The Bertz CT molecular complexity index is 809. The van der Waals surface area contributed by atoms with Gasteiger partial charge in [0.25, 0.3) is 0 Å². The van der Waals surface area contributed by atoms with Crippen molar-refractivity contribution in [2.24, 2.45) is 5.92 Å². The van der Waals surface area contributed by atoms with Crippen LogP contribution in [0.2, 0.25) is 0 Å². The first kappa shape index (κ1) is 19.7. The van der Waals surface area contributed by atoms with E-state index in [-0.39, 0.29) is 30.2 Å². The summed E-state index contributed by atoms with van der Waals surface area (Å²) in [7, 11) is 0. The lowest BCUT2D eigenvalue weighted by Crippen LogP contribution is -2.39. The third kappa shape index (κ3) is 5.03. The SMILES string of the molecule is CC1CCN(C(=O)Cn2c(SCC(=O)NC(C)C)nc3ccccc32)CC1. The maximum absolute atomic E-state index is 12.8. The van der Waals surface area contributed by atoms with Gasteiger partial charge in [-0.2, -0.15) is 0 Å². The van der Waals surface area contributed by atoms with Gasteiger partial charge in [0.15, 0.2) is 5.16 Å². The molecule has 3 rings (SSSR count). The van der Waals surface area contributed by atoms with Crippen LogP contribution in [0.1, 0.15) is 33.6 Å². The van der Waals surface area contributed by atoms with Gasteiger partial charge < -0.3 is 14.8 Å². The minimum atomic E-state index is -0.0232. The molecule has 7 heteroatoms. The van der Waals surface area contributed by atoms with Gasteiger partial charge in [-0.15, -0.1) is 0 Å². The van der Waals surface area contributed by atoms with Crippen LogP contribution in [0.4, 0.5) is 0 Å². The summed E-state index contributed by atoms with van der Waals surface area (Å²) in [6.07, 6.45) is 2.13. The summed E-state index contributed by atoms with van der Waals surface area (Å²) in [5.74, 6) is 1.08. The van der Waals surface area contributed by atoms with Crippen molar-refractivity contribution < 1.29 is 9.59 Å². The topological polar surface area (TPSA) is 67.2 Å². The van der Waals surface area contributed by atoms with Crippen LogP contribution in [-0.2, 0) is 16.1 Å². The van der Waals surface area contributed by atoms with Crippen LogP contribution in [-0.4, -0.2) is 51.1 Å². The van der Waals surface area contributed by atoms with Gasteiger partial charge in [0.05, 0.1) is 16.8 Å². The molecule has 1 saturated heterocycles. The molecular weight excluding hydrogens is 360 g/mol. The molecule has 146 valence electrons. The number of imidazole rings is 1. The molecule has 2 aromatic rings. The number of nitrogens with zero attached hydrogens (tertiary/aromatic N) is 3. The van der Waals surface area contributed by atoms with Gasteiger partial charge in [-0.1, -0.05) is 30.8 Å². The van der Waals surface area contributed by atoms with Crippen LogP contribution < -0.4 is 5.32 Å². The number of nitrogens with one attached hydrogen (secondary N) is 1. The van der Waals surface area contributed by atoms with Crippen LogP contribution in [0.25, 0.3) is 11.0 Å². The average molecular weight is 389 g/mol. The Balaban J connectivity index is 1.76. The van der Waals surface area contributed by atoms with Gasteiger partial charge in [0, 0.05) is 19.1 Å². The van der Waals surface area contributed by atoms with Gasteiger partial charge in [-0.05, 0) is 44.7 Å². The Hall–Kier alpha value is -2.02. The Morgan fingerprint density at radius 2 is 1.96 bits per heavy atom. The molecule has 0 aliphatic carbocycles. The Kier molecular flexibility index (Phi) is 6.42. The number of thioether (sulfide) groups is 1. The van der Waals surface area contributed by atoms with E-state index in [4.69, 9.17) is 0 Å². The molecule has 0 atom stereocenters. The number of carbonyl (C=O) groups excluding carboxylic acids is 2. The third-order valence-corrected chi connectivity index (χ3v) is 5.81. The van der Waals surface area contributed by atoms with Crippen molar-refractivity contribution in [3.05, 3.63) is 24.3 Å². The average Bonchev–Trinajstić information content (AvgIpc) is 2.97. The highest BCUT2D eigenvalue weighted by molar-refractivity contribution is 7.99. The molecule has 1 aromatic carbocycles. The number of rotatable bonds is 6. The summed E-state index contributed by atoms with van der Waals surface area (Å²) in [5.41, 5.74) is 1.78. The Morgan fingerprint density at radius 3 is 2.67 bits per heavy atom. The van der Waals surface area contributed by atoms with E-state index in [0.717, 1.165) is 37.0 Å². The van der Waals surface area contributed by atoms with Crippen molar-refractivity contribution in [1.82, 2.24) is 19.8 Å². The monoisotopic (exact) mass is 388 g/mol. The number of hydrogen-bond acceptors (Lipinski definition) is 4. The molecule has 1 aliphatic rings. The van der Waals surface area contributed by atoms with Gasteiger partial charge in [0.2, 0.25) is 11.8 Å². The van der Waals surface area contributed by atoms with Crippen LogP contribution in [0.15, 0.2) is 29.4 Å². The highest BCUT2D eigenvalue weighted by atomic mass is 32.2. The van der Waals surface area contributed by atoms with Crippen molar-refractivity contribution >= 4 is 34.6 Å². The molecule has 0 spiro atoms. The van der Waals surface area contributed by atoms with Gasteiger partial charge in [0.1, 0.15) is 6.54 Å². The van der Waals surface area contributed by atoms with Crippen molar-refractivity contribution in [3.63, 3.8) is 0 Å². The molecule has 2 heterocycles. The highest BCUT2D eigenvalue weighted by Crippen LogP contribution is 2.25. The Labute approximate surface area is 164 Å². The summed E-state index contributed by atoms with van der Waals surface area (Å²) in [6.45, 7) is 8.04. The molecule has 0 unspecified atom stereocenters. The second-order valence-corrected chi connectivity index (χ2v) is 8.49. The normalized spacial score (nSPS) is 15.5. The molecular formula is C20H28N4O2S. The van der Waals surface area contributed by atoms with Gasteiger partial charge in [-0.25, -0.2) is 4.98 Å². The molecule has 27 heavy (non-hydrogen) atoms. The van der Waals surface area contributed by atoms with E-state index in [1.165, 1.54) is 11.8 Å². The molecule has 6 nitrogen and oxygen atoms in total. The van der Waals surface area contributed by atoms with E-state index < -0.39 is 0 Å². The molecule has 1 aliphatic heterocycles. The quantitative estimate of drug-likeness (QED) is 0.773. The Morgan fingerprint density at radius 1 is 1.26 bits per heavy atom. The number of para-hydroxylation sites is 2. The maximum Gasteiger partial charge on any atom is 0.242 e. The van der Waals surface area contributed by atoms with E-state index in [1.54, 1.807) is 0 Å². The number of likely N-dealkylation sites (tertiary alicyclic amines) is 1. The molecule has 1 fully saturated rings. The molecule has 0 saturated carbocycles. The molecule has 0 bridgehead atoms. The number of aromatic nitrogens is 2. The second kappa shape index (κ2) is 8.78. The van der Waals surface area contributed by atoms with Crippen molar-refractivity contribution in [3.8, 4) is 0 Å². The summed E-state index contributed by atoms with van der Waals surface area (Å²) >= 11 is 1.38. The lowest BCUT2D eigenvalue weighted by molar-refractivity contribution is -0.133. The number of piperidine rings is 1.